The number of fused-ring (bicyclic) bond motifs is 1. The molecule has 1 N–H and O–H groups in total. The number of hydrogen-bond donors (Lipinski definition) is 1. The van der Waals surface area contributed by atoms with Gasteiger partial charge in [-0.1, -0.05) is 12.1 Å². The molecule has 1 aromatic heterocycles. The molecule has 1 aliphatic heterocycles. The van der Waals surface area contributed by atoms with Gasteiger partial charge in [0.15, 0.2) is 11.5 Å². The zero-order valence-corrected chi connectivity index (χ0v) is 10.2. The van der Waals surface area contributed by atoms with E-state index in [4.69, 9.17) is 9.47 Å². The Kier molecular flexibility index (Phi) is 3.18. The average Bonchev–Trinajstić information content (AvgIpc) is 2.45. The van der Waals surface area contributed by atoms with Gasteiger partial charge in [-0.2, -0.15) is 4.39 Å². The molecule has 0 amide bonds. The van der Waals surface area contributed by atoms with E-state index in [1.807, 2.05) is 18.2 Å². The van der Waals surface area contributed by atoms with Crippen molar-refractivity contribution in [2.45, 2.75) is 6.54 Å². The first-order valence-electron chi connectivity index (χ1n) is 6.06. The quantitative estimate of drug-likeness (QED) is 0.861. The predicted molar refractivity (Wildman–Crippen MR) is 69.0 cm³/mol. The van der Waals surface area contributed by atoms with Crippen LogP contribution in [0.5, 0.6) is 11.5 Å². The van der Waals surface area contributed by atoms with Crippen LogP contribution in [0.25, 0.3) is 0 Å². The molecule has 0 aliphatic carbocycles. The second-order valence-corrected chi connectivity index (χ2v) is 4.18. The summed E-state index contributed by atoms with van der Waals surface area (Å²) in [6.07, 6.45) is 0. The molecular formula is C14H13FN2O2. The number of nitrogens with zero attached hydrogens (tertiary/aromatic N) is 1. The molecule has 0 saturated heterocycles. The molecule has 0 unspecified atom stereocenters. The fourth-order valence-corrected chi connectivity index (χ4v) is 1.90. The summed E-state index contributed by atoms with van der Waals surface area (Å²) in [5, 5.41) is 3.06. The summed E-state index contributed by atoms with van der Waals surface area (Å²) in [6, 6.07) is 10.4. The minimum atomic E-state index is -0.493. The summed E-state index contributed by atoms with van der Waals surface area (Å²) in [6.45, 7) is 1.69. The monoisotopic (exact) mass is 260 g/mol. The molecule has 0 saturated carbocycles. The third-order valence-corrected chi connectivity index (χ3v) is 2.80. The highest BCUT2D eigenvalue weighted by molar-refractivity contribution is 5.45. The van der Waals surface area contributed by atoms with Crippen molar-refractivity contribution in [3.63, 3.8) is 0 Å². The summed E-state index contributed by atoms with van der Waals surface area (Å²) < 4.78 is 23.9. The van der Waals surface area contributed by atoms with E-state index < -0.39 is 5.95 Å². The van der Waals surface area contributed by atoms with Crippen molar-refractivity contribution in [3.05, 3.63) is 47.9 Å². The highest BCUT2D eigenvalue weighted by Crippen LogP contribution is 2.30. The Bertz CT molecular complexity index is 589. The Balaban J connectivity index is 1.70. The first kappa shape index (κ1) is 11.8. The Morgan fingerprint density at radius 1 is 1.11 bits per heavy atom. The number of ether oxygens (including phenoxy) is 2. The molecule has 0 atom stereocenters. The van der Waals surface area contributed by atoms with Gasteiger partial charge in [-0.15, -0.1) is 0 Å². The van der Waals surface area contributed by atoms with E-state index in [1.165, 1.54) is 6.07 Å². The first-order chi connectivity index (χ1) is 9.31. The lowest BCUT2D eigenvalue weighted by Crippen LogP contribution is -2.15. The maximum atomic E-state index is 12.9. The Morgan fingerprint density at radius 2 is 1.95 bits per heavy atom. The molecule has 5 heteroatoms. The van der Waals surface area contributed by atoms with Crippen LogP contribution < -0.4 is 14.8 Å². The van der Waals surface area contributed by atoms with E-state index in [0.717, 1.165) is 17.1 Å². The molecule has 2 aromatic rings. The van der Waals surface area contributed by atoms with Crippen LogP contribution >= 0.6 is 0 Å². The van der Waals surface area contributed by atoms with Gasteiger partial charge in [-0.05, 0) is 29.8 Å². The molecule has 4 nitrogen and oxygen atoms in total. The van der Waals surface area contributed by atoms with Crippen molar-refractivity contribution >= 4 is 5.82 Å². The van der Waals surface area contributed by atoms with E-state index in [-0.39, 0.29) is 0 Å². The maximum absolute atomic E-state index is 12.9. The Morgan fingerprint density at radius 3 is 2.79 bits per heavy atom. The van der Waals surface area contributed by atoms with Crippen molar-refractivity contribution in [1.29, 1.82) is 0 Å². The number of aromatic nitrogens is 1. The van der Waals surface area contributed by atoms with Gasteiger partial charge in [0.2, 0.25) is 5.95 Å². The molecular weight excluding hydrogens is 247 g/mol. The van der Waals surface area contributed by atoms with Crippen LogP contribution in [0.3, 0.4) is 0 Å². The number of hydrogen-bond acceptors (Lipinski definition) is 4. The lowest BCUT2D eigenvalue weighted by atomic mass is 10.2. The fourth-order valence-electron chi connectivity index (χ4n) is 1.90. The molecule has 0 bridgehead atoms. The average molecular weight is 260 g/mol. The van der Waals surface area contributed by atoms with Crippen LogP contribution in [-0.4, -0.2) is 18.2 Å². The largest absolute Gasteiger partial charge is 0.486 e. The standard InChI is InChI=1S/C14H13FN2O2/c15-13-2-1-3-14(17-13)16-9-10-4-5-11-12(8-10)19-7-6-18-11/h1-5,8H,6-7,9H2,(H,16,17). The van der Waals surface area contributed by atoms with Crippen molar-refractivity contribution in [1.82, 2.24) is 4.98 Å². The number of rotatable bonds is 3. The normalized spacial score (nSPS) is 13.1. The van der Waals surface area contributed by atoms with E-state index in [9.17, 15) is 4.39 Å². The predicted octanol–water partition coefficient (Wildman–Crippen LogP) is 2.60. The Labute approximate surface area is 110 Å². The second-order valence-electron chi connectivity index (χ2n) is 4.18. The smallest absolute Gasteiger partial charge is 0.214 e. The van der Waals surface area contributed by atoms with Gasteiger partial charge in [-0.25, -0.2) is 4.98 Å². The number of nitrogens with one attached hydrogen (secondary N) is 1. The minimum Gasteiger partial charge on any atom is -0.486 e. The van der Waals surface area contributed by atoms with Crippen molar-refractivity contribution in [2.24, 2.45) is 0 Å². The molecule has 0 radical (unpaired) electrons. The van der Waals surface area contributed by atoms with E-state index in [1.54, 1.807) is 12.1 Å². The number of pyridine rings is 1. The summed E-state index contributed by atoms with van der Waals surface area (Å²) in [5.41, 5.74) is 1.02. The zero-order valence-electron chi connectivity index (χ0n) is 10.2. The van der Waals surface area contributed by atoms with Crippen molar-refractivity contribution < 1.29 is 13.9 Å². The lowest BCUT2D eigenvalue weighted by Gasteiger charge is -2.19. The highest BCUT2D eigenvalue weighted by atomic mass is 19.1. The van der Waals surface area contributed by atoms with Crippen LogP contribution in [0.4, 0.5) is 10.2 Å². The maximum Gasteiger partial charge on any atom is 0.214 e. The van der Waals surface area contributed by atoms with E-state index >= 15 is 0 Å². The minimum absolute atomic E-state index is 0.493. The van der Waals surface area contributed by atoms with Gasteiger partial charge in [0.1, 0.15) is 19.0 Å². The molecule has 1 aromatic carbocycles. The highest BCUT2D eigenvalue weighted by Gasteiger charge is 2.11. The van der Waals surface area contributed by atoms with Crippen molar-refractivity contribution in [2.75, 3.05) is 18.5 Å². The van der Waals surface area contributed by atoms with Gasteiger partial charge in [0.05, 0.1) is 0 Å². The number of benzene rings is 1. The summed E-state index contributed by atoms with van der Waals surface area (Å²) >= 11 is 0. The first-order valence-corrected chi connectivity index (χ1v) is 6.06. The molecule has 3 rings (SSSR count). The molecule has 1 aliphatic rings. The summed E-state index contributed by atoms with van der Waals surface area (Å²) in [7, 11) is 0. The van der Waals surface area contributed by atoms with Crippen LogP contribution in [0, 0.1) is 5.95 Å². The summed E-state index contributed by atoms with van der Waals surface area (Å²) in [5.74, 6) is 1.53. The molecule has 19 heavy (non-hydrogen) atoms. The fraction of sp³-hybridized carbons (Fsp3) is 0.214. The van der Waals surface area contributed by atoms with Crippen LogP contribution in [-0.2, 0) is 6.54 Å². The number of halogens is 1. The van der Waals surface area contributed by atoms with E-state index in [2.05, 4.69) is 10.3 Å². The molecule has 0 spiro atoms. The van der Waals surface area contributed by atoms with E-state index in [0.29, 0.717) is 25.6 Å². The summed E-state index contributed by atoms with van der Waals surface area (Å²) in [4.78, 5) is 3.74. The van der Waals surface area contributed by atoms with Crippen LogP contribution in [0.1, 0.15) is 5.56 Å². The lowest BCUT2D eigenvalue weighted by molar-refractivity contribution is 0.171. The SMILES string of the molecule is Fc1cccc(NCc2ccc3c(c2)OCCO3)n1. The van der Waals surface area contributed by atoms with Gasteiger partial charge in [0, 0.05) is 6.54 Å². The third kappa shape index (κ3) is 2.76. The van der Waals surface area contributed by atoms with Gasteiger partial charge in [0.25, 0.3) is 0 Å². The van der Waals surface area contributed by atoms with Crippen molar-refractivity contribution in [3.8, 4) is 11.5 Å². The zero-order chi connectivity index (χ0) is 13.1. The number of anilines is 1. The topological polar surface area (TPSA) is 43.4 Å². The van der Waals surface area contributed by atoms with Gasteiger partial charge in [-0.3, -0.25) is 0 Å². The molecule has 98 valence electrons. The molecule has 2 heterocycles. The Hall–Kier alpha value is -2.30. The second kappa shape index (κ2) is 5.14. The molecule has 0 fully saturated rings. The van der Waals surface area contributed by atoms with Gasteiger partial charge < -0.3 is 14.8 Å². The third-order valence-electron chi connectivity index (χ3n) is 2.80. The van der Waals surface area contributed by atoms with Crippen LogP contribution in [0.2, 0.25) is 0 Å². The van der Waals surface area contributed by atoms with Gasteiger partial charge >= 0.3 is 0 Å². The van der Waals surface area contributed by atoms with Crippen LogP contribution in [0.15, 0.2) is 36.4 Å².